The Hall–Kier alpha value is -1.60. The fourth-order valence-corrected chi connectivity index (χ4v) is 2.10. The van der Waals surface area contributed by atoms with Gasteiger partial charge in [-0.1, -0.05) is 29.8 Å². The minimum Gasteiger partial charge on any atom is -0.479 e. The molecule has 0 unspecified atom stereocenters. The first kappa shape index (κ1) is 17.5. The van der Waals surface area contributed by atoms with Crippen molar-refractivity contribution in [2.45, 2.75) is 24.6 Å². The number of rotatable bonds is 5. The fourth-order valence-electron chi connectivity index (χ4n) is 1.46. The Labute approximate surface area is 128 Å². The molecule has 1 rings (SSSR count). The lowest BCUT2D eigenvalue weighted by atomic mass is 10.1. The molecule has 0 aliphatic carbocycles. The number of sulfone groups is 1. The third-order valence-electron chi connectivity index (χ3n) is 3.21. The van der Waals surface area contributed by atoms with Crippen molar-refractivity contribution < 1.29 is 23.1 Å². The minimum atomic E-state index is -3.70. The highest BCUT2D eigenvalue weighted by molar-refractivity contribution is 7.92. The van der Waals surface area contributed by atoms with Gasteiger partial charge in [-0.15, -0.1) is 0 Å². The molecular weight excluding hydrogens is 318 g/mol. The number of hydrogen-bond donors (Lipinski definition) is 2. The summed E-state index contributed by atoms with van der Waals surface area (Å²) in [5.74, 6) is -2.24. The van der Waals surface area contributed by atoms with Crippen LogP contribution in [0.15, 0.2) is 24.3 Å². The lowest BCUT2D eigenvalue weighted by Crippen LogP contribution is -2.49. The van der Waals surface area contributed by atoms with Gasteiger partial charge in [0.05, 0.1) is 0 Å². The van der Waals surface area contributed by atoms with E-state index in [0.717, 1.165) is 6.26 Å². The number of amides is 1. The van der Waals surface area contributed by atoms with Gasteiger partial charge in [0.2, 0.25) is 5.91 Å². The first-order valence-corrected chi connectivity index (χ1v) is 8.23. The van der Waals surface area contributed by atoms with E-state index in [-0.39, 0.29) is 10.6 Å². The monoisotopic (exact) mass is 333 g/mol. The molecule has 0 bridgehead atoms. The van der Waals surface area contributed by atoms with Crippen molar-refractivity contribution in [1.29, 1.82) is 0 Å². The normalized spacial score (nSPS) is 13.5. The van der Waals surface area contributed by atoms with Crippen LogP contribution in [-0.2, 0) is 19.4 Å². The maximum absolute atomic E-state index is 12.1. The molecule has 1 amide bonds. The summed E-state index contributed by atoms with van der Waals surface area (Å²) in [6, 6.07) is 4.71. The Morgan fingerprint density at radius 1 is 1.29 bits per heavy atom. The summed E-state index contributed by atoms with van der Waals surface area (Å²) < 4.78 is 21.5. The molecule has 6 nitrogen and oxygen atoms in total. The van der Waals surface area contributed by atoms with Crippen LogP contribution < -0.4 is 5.32 Å². The number of aliphatic carboxylic acids is 1. The number of benzene rings is 1. The van der Waals surface area contributed by atoms with Crippen molar-refractivity contribution in [3.8, 4) is 0 Å². The van der Waals surface area contributed by atoms with E-state index in [0.29, 0.717) is 0 Å². The maximum atomic E-state index is 12.1. The van der Waals surface area contributed by atoms with Crippen LogP contribution in [-0.4, -0.2) is 36.4 Å². The van der Waals surface area contributed by atoms with Crippen LogP contribution in [0, 0.1) is 0 Å². The molecule has 1 atom stereocenters. The van der Waals surface area contributed by atoms with Gasteiger partial charge in [0.25, 0.3) is 0 Å². The number of carboxylic acid groups (broad SMARTS) is 1. The first-order chi connectivity index (χ1) is 9.48. The fraction of sp³-hybridized carbons (Fsp3) is 0.385. The van der Waals surface area contributed by atoms with E-state index in [9.17, 15) is 23.1 Å². The quantitative estimate of drug-likeness (QED) is 0.848. The molecule has 2 N–H and O–H groups in total. The summed E-state index contributed by atoms with van der Waals surface area (Å²) in [6.45, 7) is 2.42. The van der Waals surface area contributed by atoms with E-state index in [1.165, 1.54) is 26.0 Å². The second kappa shape index (κ2) is 6.03. The number of halogens is 1. The largest absolute Gasteiger partial charge is 0.479 e. The van der Waals surface area contributed by atoms with Crippen molar-refractivity contribution in [1.82, 2.24) is 5.32 Å². The Morgan fingerprint density at radius 3 is 2.24 bits per heavy atom. The van der Waals surface area contributed by atoms with E-state index >= 15 is 0 Å². The van der Waals surface area contributed by atoms with Crippen molar-refractivity contribution >= 4 is 33.3 Å². The van der Waals surface area contributed by atoms with Crippen molar-refractivity contribution in [2.75, 3.05) is 6.26 Å². The Bertz CT molecular complexity index is 669. The smallest absolute Gasteiger partial charge is 0.330 e. The van der Waals surface area contributed by atoms with E-state index in [2.05, 4.69) is 5.32 Å². The molecule has 0 saturated carbocycles. The van der Waals surface area contributed by atoms with E-state index in [1.807, 2.05) is 0 Å². The average molecular weight is 334 g/mol. The van der Waals surface area contributed by atoms with Crippen molar-refractivity contribution in [2.24, 2.45) is 0 Å². The van der Waals surface area contributed by atoms with Crippen molar-refractivity contribution in [3.05, 3.63) is 34.9 Å². The molecular formula is C13H16ClNO5S. The zero-order valence-electron chi connectivity index (χ0n) is 11.8. The molecule has 0 aliphatic heterocycles. The van der Waals surface area contributed by atoms with Crippen LogP contribution in [0.1, 0.15) is 25.5 Å². The van der Waals surface area contributed by atoms with Gasteiger partial charge in [-0.3, -0.25) is 4.79 Å². The highest BCUT2D eigenvalue weighted by Crippen LogP contribution is 2.24. The second-order valence-corrected chi connectivity index (χ2v) is 8.02. The second-order valence-electron chi connectivity index (χ2n) is 5.05. The van der Waals surface area contributed by atoms with Gasteiger partial charge >= 0.3 is 5.97 Å². The summed E-state index contributed by atoms with van der Waals surface area (Å²) in [4.78, 5) is 23.5. The van der Waals surface area contributed by atoms with Crippen LogP contribution in [0.4, 0.5) is 0 Å². The predicted molar refractivity (Wildman–Crippen MR) is 78.9 cm³/mol. The first-order valence-electron chi connectivity index (χ1n) is 5.96. The Kier molecular flexibility index (Phi) is 5.01. The molecule has 1 aromatic rings. The third kappa shape index (κ3) is 3.74. The van der Waals surface area contributed by atoms with Crippen LogP contribution in [0.2, 0.25) is 5.02 Å². The molecule has 1 aromatic carbocycles. The van der Waals surface area contributed by atoms with E-state index in [4.69, 9.17) is 11.6 Å². The molecule has 0 aliphatic rings. The van der Waals surface area contributed by atoms with E-state index in [1.54, 1.807) is 12.1 Å². The maximum Gasteiger partial charge on any atom is 0.330 e. The molecule has 116 valence electrons. The Balaban J connectivity index is 3.15. The molecule has 0 aromatic heterocycles. The molecule has 0 saturated heterocycles. The number of carbonyl (C=O) groups is 2. The average Bonchev–Trinajstić information content (AvgIpc) is 2.34. The number of carbonyl (C=O) groups excluding carboxylic acids is 1. The van der Waals surface area contributed by atoms with Gasteiger partial charge < -0.3 is 10.4 Å². The summed E-state index contributed by atoms with van der Waals surface area (Å²) in [5, 5.41) is 11.6. The van der Waals surface area contributed by atoms with Gasteiger partial charge in [0.15, 0.2) is 15.9 Å². The molecule has 0 heterocycles. The highest BCUT2D eigenvalue weighted by atomic mass is 35.5. The number of nitrogens with one attached hydrogen (secondary N) is 1. The minimum absolute atomic E-state index is 0.169. The van der Waals surface area contributed by atoms with Gasteiger partial charge in [-0.2, -0.15) is 0 Å². The molecule has 8 heteroatoms. The molecule has 0 spiro atoms. The predicted octanol–water partition coefficient (Wildman–Crippen LogP) is 1.41. The number of hydrogen-bond acceptors (Lipinski definition) is 4. The Morgan fingerprint density at radius 2 is 1.81 bits per heavy atom. The molecule has 0 radical (unpaired) electrons. The van der Waals surface area contributed by atoms with Gasteiger partial charge in [0, 0.05) is 16.8 Å². The molecule has 21 heavy (non-hydrogen) atoms. The standard InChI is InChI=1S/C13H16ClNO5S/c1-13(2,21(3,19)20)12(18)15-10(11(16)17)8-6-4-5-7-9(8)14/h4-7,10H,1-3H3,(H,15,18)(H,16,17)/t10-/m1/s1. The lowest BCUT2D eigenvalue weighted by molar-refractivity contribution is -0.142. The van der Waals surface area contributed by atoms with Crippen LogP contribution >= 0.6 is 11.6 Å². The summed E-state index contributed by atoms with van der Waals surface area (Å²) in [6.07, 6.45) is 0.915. The third-order valence-corrected chi connectivity index (χ3v) is 5.60. The summed E-state index contributed by atoms with van der Waals surface area (Å²) >= 11 is 5.92. The van der Waals surface area contributed by atoms with Gasteiger partial charge in [0.1, 0.15) is 4.75 Å². The topological polar surface area (TPSA) is 101 Å². The van der Waals surface area contributed by atoms with E-state index < -0.39 is 32.5 Å². The molecule has 0 fully saturated rings. The van der Waals surface area contributed by atoms with Crippen molar-refractivity contribution in [3.63, 3.8) is 0 Å². The van der Waals surface area contributed by atoms with Crippen LogP contribution in [0.3, 0.4) is 0 Å². The van der Waals surface area contributed by atoms with Crippen LogP contribution in [0.5, 0.6) is 0 Å². The highest BCUT2D eigenvalue weighted by Gasteiger charge is 2.40. The summed E-state index contributed by atoms with van der Waals surface area (Å²) in [7, 11) is -3.70. The van der Waals surface area contributed by atoms with Crippen LogP contribution in [0.25, 0.3) is 0 Å². The zero-order chi connectivity index (χ0) is 16.4. The lowest BCUT2D eigenvalue weighted by Gasteiger charge is -2.24. The van der Waals surface area contributed by atoms with Gasteiger partial charge in [-0.25, -0.2) is 13.2 Å². The van der Waals surface area contributed by atoms with Gasteiger partial charge in [-0.05, 0) is 19.9 Å². The SMILES string of the molecule is CC(C)(C(=O)N[C@@H](C(=O)O)c1ccccc1Cl)S(C)(=O)=O. The summed E-state index contributed by atoms with van der Waals surface area (Å²) in [5.41, 5.74) is 0.185. The zero-order valence-corrected chi connectivity index (χ0v) is 13.3. The number of carboxylic acids is 1.